The second kappa shape index (κ2) is 9.81. The quantitative estimate of drug-likeness (QED) is 0.691. The molecular formula is C24H29ClN4O2. The fraction of sp³-hybridized carbons (Fsp3) is 0.417. The molecule has 4 rings (SSSR count). The molecule has 1 aliphatic carbocycles. The van der Waals surface area contributed by atoms with Crippen LogP contribution in [0.2, 0.25) is 5.02 Å². The zero-order valence-corrected chi connectivity index (χ0v) is 18.6. The fourth-order valence-electron chi connectivity index (χ4n) is 3.96. The first kappa shape index (κ1) is 21.8. The lowest BCUT2D eigenvalue weighted by atomic mass is 10.1. The number of benzene rings is 2. The van der Waals surface area contributed by atoms with Crippen molar-refractivity contribution in [1.82, 2.24) is 15.1 Å². The van der Waals surface area contributed by atoms with Gasteiger partial charge in [0, 0.05) is 54.5 Å². The van der Waals surface area contributed by atoms with E-state index in [0.29, 0.717) is 23.8 Å². The smallest absolute Gasteiger partial charge is 0.251 e. The molecule has 31 heavy (non-hydrogen) atoms. The molecule has 2 aromatic rings. The number of nitrogens with one attached hydrogen (secondary N) is 2. The summed E-state index contributed by atoms with van der Waals surface area (Å²) in [5.41, 5.74) is 2.37. The summed E-state index contributed by atoms with van der Waals surface area (Å²) in [6.07, 6.45) is 2.10. The predicted molar refractivity (Wildman–Crippen MR) is 123 cm³/mol. The minimum absolute atomic E-state index is 0.0626. The first-order valence-electron chi connectivity index (χ1n) is 10.9. The summed E-state index contributed by atoms with van der Waals surface area (Å²) in [4.78, 5) is 29.3. The standard InChI is InChI=1S/C24H29ClN4O2/c1-17(21-7-2-3-8-22(21)25)29-13-11-28(12-14-29)16-23(30)26-20-6-4-5-18(15-20)24(31)27-19-9-10-19/h2-8,15,17,19H,9-14,16H2,1H3,(H,26,30)(H,27,31)/t17-/m0/s1. The van der Waals surface area contributed by atoms with E-state index in [1.54, 1.807) is 18.2 Å². The van der Waals surface area contributed by atoms with Crippen molar-refractivity contribution in [3.8, 4) is 0 Å². The molecule has 0 radical (unpaired) electrons. The Kier molecular flexibility index (Phi) is 6.90. The van der Waals surface area contributed by atoms with Gasteiger partial charge in [-0.05, 0) is 49.6 Å². The molecule has 0 spiro atoms. The molecular weight excluding hydrogens is 412 g/mol. The van der Waals surface area contributed by atoms with E-state index >= 15 is 0 Å². The zero-order chi connectivity index (χ0) is 21.8. The highest BCUT2D eigenvalue weighted by molar-refractivity contribution is 6.31. The molecule has 2 fully saturated rings. The Morgan fingerprint density at radius 3 is 2.52 bits per heavy atom. The summed E-state index contributed by atoms with van der Waals surface area (Å²) < 4.78 is 0. The summed E-state index contributed by atoms with van der Waals surface area (Å²) in [6.45, 7) is 5.94. The molecule has 1 heterocycles. The van der Waals surface area contributed by atoms with Gasteiger partial charge in [-0.15, -0.1) is 0 Å². The summed E-state index contributed by atoms with van der Waals surface area (Å²) in [5.74, 6) is -0.144. The molecule has 6 nitrogen and oxygen atoms in total. The van der Waals surface area contributed by atoms with E-state index in [2.05, 4.69) is 33.4 Å². The third-order valence-corrected chi connectivity index (χ3v) is 6.34. The first-order valence-corrected chi connectivity index (χ1v) is 11.3. The van der Waals surface area contributed by atoms with Crippen LogP contribution >= 0.6 is 11.6 Å². The van der Waals surface area contributed by atoms with Crippen LogP contribution in [0.15, 0.2) is 48.5 Å². The average Bonchev–Trinajstić information content (AvgIpc) is 3.58. The van der Waals surface area contributed by atoms with E-state index in [1.165, 1.54) is 0 Å². The number of halogens is 1. The molecule has 0 unspecified atom stereocenters. The maximum absolute atomic E-state index is 12.5. The largest absolute Gasteiger partial charge is 0.349 e. The molecule has 2 aliphatic rings. The molecule has 1 atom stereocenters. The van der Waals surface area contributed by atoms with E-state index in [4.69, 9.17) is 11.6 Å². The van der Waals surface area contributed by atoms with Crippen LogP contribution in [0.4, 0.5) is 5.69 Å². The number of hydrogen-bond acceptors (Lipinski definition) is 4. The Bertz CT molecular complexity index is 939. The number of rotatable bonds is 7. The average molecular weight is 441 g/mol. The zero-order valence-electron chi connectivity index (χ0n) is 17.8. The molecule has 1 saturated carbocycles. The molecule has 1 aliphatic heterocycles. The monoisotopic (exact) mass is 440 g/mol. The van der Waals surface area contributed by atoms with Gasteiger partial charge in [-0.25, -0.2) is 0 Å². The number of amides is 2. The van der Waals surface area contributed by atoms with Gasteiger partial charge in [0.15, 0.2) is 0 Å². The number of carbonyl (C=O) groups is 2. The Hall–Kier alpha value is -2.41. The van der Waals surface area contributed by atoms with Crippen molar-refractivity contribution in [2.24, 2.45) is 0 Å². The van der Waals surface area contributed by atoms with Gasteiger partial charge < -0.3 is 10.6 Å². The molecule has 7 heteroatoms. The normalized spacial score (nSPS) is 18.4. The van der Waals surface area contributed by atoms with Crippen molar-refractivity contribution in [2.75, 3.05) is 38.0 Å². The van der Waals surface area contributed by atoms with Gasteiger partial charge in [-0.3, -0.25) is 19.4 Å². The number of nitrogens with zero attached hydrogens (tertiary/aromatic N) is 2. The summed E-state index contributed by atoms with van der Waals surface area (Å²) in [7, 11) is 0. The lowest BCUT2D eigenvalue weighted by molar-refractivity contribution is -0.117. The number of anilines is 1. The van der Waals surface area contributed by atoms with Crippen molar-refractivity contribution in [3.63, 3.8) is 0 Å². The van der Waals surface area contributed by atoms with Crippen LogP contribution in [0.5, 0.6) is 0 Å². The van der Waals surface area contributed by atoms with Gasteiger partial charge >= 0.3 is 0 Å². The van der Waals surface area contributed by atoms with Crippen molar-refractivity contribution in [3.05, 3.63) is 64.7 Å². The first-order chi connectivity index (χ1) is 15.0. The Balaban J connectivity index is 1.26. The topological polar surface area (TPSA) is 64.7 Å². The van der Waals surface area contributed by atoms with Crippen molar-refractivity contribution >= 4 is 29.1 Å². The number of piperazine rings is 1. The summed E-state index contributed by atoms with van der Waals surface area (Å²) >= 11 is 6.36. The number of hydrogen-bond donors (Lipinski definition) is 2. The van der Waals surface area contributed by atoms with Crippen LogP contribution < -0.4 is 10.6 Å². The minimum atomic E-state index is -0.0811. The maximum atomic E-state index is 12.5. The molecule has 2 amide bonds. The highest BCUT2D eigenvalue weighted by Crippen LogP contribution is 2.27. The Morgan fingerprint density at radius 2 is 1.81 bits per heavy atom. The number of carbonyl (C=O) groups excluding carboxylic acids is 2. The molecule has 2 N–H and O–H groups in total. The van der Waals surface area contributed by atoms with Crippen LogP contribution in [0.3, 0.4) is 0 Å². The highest BCUT2D eigenvalue weighted by Gasteiger charge is 2.25. The molecule has 2 aromatic carbocycles. The van der Waals surface area contributed by atoms with E-state index in [9.17, 15) is 9.59 Å². The van der Waals surface area contributed by atoms with Gasteiger partial charge in [0.25, 0.3) is 5.91 Å². The molecule has 1 saturated heterocycles. The van der Waals surface area contributed by atoms with E-state index in [0.717, 1.165) is 49.6 Å². The minimum Gasteiger partial charge on any atom is -0.349 e. The lowest BCUT2D eigenvalue weighted by Crippen LogP contribution is -2.49. The van der Waals surface area contributed by atoms with Crippen LogP contribution in [0.1, 0.15) is 41.7 Å². The summed E-state index contributed by atoms with van der Waals surface area (Å²) in [6, 6.07) is 15.6. The highest BCUT2D eigenvalue weighted by atomic mass is 35.5. The second-order valence-electron chi connectivity index (χ2n) is 8.39. The second-order valence-corrected chi connectivity index (χ2v) is 8.79. The van der Waals surface area contributed by atoms with Crippen LogP contribution in [-0.2, 0) is 4.79 Å². The maximum Gasteiger partial charge on any atom is 0.251 e. The van der Waals surface area contributed by atoms with E-state index in [-0.39, 0.29) is 17.9 Å². The van der Waals surface area contributed by atoms with Crippen LogP contribution in [-0.4, -0.2) is 60.4 Å². The molecule has 164 valence electrons. The van der Waals surface area contributed by atoms with Crippen molar-refractivity contribution < 1.29 is 9.59 Å². The van der Waals surface area contributed by atoms with Crippen LogP contribution in [0, 0.1) is 0 Å². The van der Waals surface area contributed by atoms with E-state index < -0.39 is 0 Å². The fourth-order valence-corrected chi connectivity index (χ4v) is 4.25. The SMILES string of the molecule is C[C@@H](c1ccccc1Cl)N1CCN(CC(=O)Nc2cccc(C(=O)NC3CC3)c2)CC1. The van der Waals surface area contributed by atoms with Gasteiger partial charge in [-0.2, -0.15) is 0 Å². The van der Waals surface area contributed by atoms with Crippen LogP contribution in [0.25, 0.3) is 0 Å². The van der Waals surface area contributed by atoms with Gasteiger partial charge in [0.2, 0.25) is 5.91 Å². The van der Waals surface area contributed by atoms with Crippen molar-refractivity contribution in [1.29, 1.82) is 0 Å². The molecule has 0 bridgehead atoms. The Morgan fingerprint density at radius 1 is 1.06 bits per heavy atom. The molecule has 0 aromatic heterocycles. The van der Waals surface area contributed by atoms with Gasteiger partial charge in [0.05, 0.1) is 6.54 Å². The third-order valence-electron chi connectivity index (χ3n) is 6.00. The van der Waals surface area contributed by atoms with Crippen molar-refractivity contribution in [2.45, 2.75) is 31.8 Å². The Labute approximate surface area is 188 Å². The predicted octanol–water partition coefficient (Wildman–Crippen LogP) is 3.55. The van der Waals surface area contributed by atoms with Gasteiger partial charge in [0.1, 0.15) is 0 Å². The van der Waals surface area contributed by atoms with Gasteiger partial charge in [-0.1, -0.05) is 35.9 Å². The summed E-state index contributed by atoms with van der Waals surface area (Å²) in [5, 5.41) is 6.70. The lowest BCUT2D eigenvalue weighted by Gasteiger charge is -2.38. The third kappa shape index (κ3) is 5.85. The van der Waals surface area contributed by atoms with E-state index in [1.807, 2.05) is 24.3 Å².